The molecular weight excluding hydrogens is 306 g/mol. The molecule has 0 spiro atoms. The van der Waals surface area contributed by atoms with Crippen LogP contribution in [-0.4, -0.2) is 7.11 Å². The molecule has 25 heavy (non-hydrogen) atoms. The van der Waals surface area contributed by atoms with E-state index in [-0.39, 0.29) is 0 Å². The second-order valence-electron chi connectivity index (χ2n) is 6.08. The van der Waals surface area contributed by atoms with Crippen LogP contribution < -0.4 is 9.30 Å². The molecule has 0 radical (unpaired) electrons. The number of ether oxygens (including phenoxy) is 1. The highest BCUT2D eigenvalue weighted by Crippen LogP contribution is 2.27. The van der Waals surface area contributed by atoms with Crippen LogP contribution in [0.5, 0.6) is 5.75 Å². The highest BCUT2D eigenvalue weighted by Gasteiger charge is 2.15. The molecule has 3 aromatic carbocycles. The number of fused-ring (bicyclic) bond motifs is 2. The van der Waals surface area contributed by atoms with Gasteiger partial charge in [-0.1, -0.05) is 54.6 Å². The number of para-hydroxylation sites is 3. The highest BCUT2D eigenvalue weighted by atomic mass is 16.5. The highest BCUT2D eigenvalue weighted by molar-refractivity contribution is 6.01. The maximum atomic E-state index is 5.47. The Morgan fingerprint density at radius 2 is 1.28 bits per heavy atom. The molecule has 0 saturated heterocycles. The van der Waals surface area contributed by atoms with Gasteiger partial charge in [0.15, 0.2) is 0 Å². The van der Waals surface area contributed by atoms with Crippen LogP contribution in [0, 0.1) is 0 Å². The number of hydrogen-bond acceptors (Lipinski definition) is 1. The lowest BCUT2D eigenvalue weighted by Gasteiger charge is -2.08. The van der Waals surface area contributed by atoms with E-state index in [1.807, 2.05) is 18.2 Å². The number of benzene rings is 3. The normalized spacial score (nSPS) is 11.4. The molecule has 1 heterocycles. The second-order valence-corrected chi connectivity index (χ2v) is 6.08. The quantitative estimate of drug-likeness (QED) is 0.381. The minimum Gasteiger partial charge on any atom is -0.496 e. The predicted octanol–water partition coefficient (Wildman–Crippen LogP) is 5.00. The van der Waals surface area contributed by atoms with Gasteiger partial charge in [-0.05, 0) is 18.2 Å². The Labute approximate surface area is 147 Å². The third-order valence-corrected chi connectivity index (χ3v) is 4.68. The van der Waals surface area contributed by atoms with E-state index in [1.54, 1.807) is 7.11 Å². The fraction of sp³-hybridized carbons (Fsp3) is 0.0870. The molecule has 0 aliphatic heterocycles. The molecule has 0 unspecified atom stereocenters. The summed E-state index contributed by atoms with van der Waals surface area (Å²) in [5, 5.41) is 2.49. The molecule has 0 aliphatic carbocycles. The second kappa shape index (κ2) is 6.40. The minimum atomic E-state index is 0.883. The van der Waals surface area contributed by atoms with Gasteiger partial charge in [-0.25, -0.2) is 0 Å². The summed E-state index contributed by atoms with van der Waals surface area (Å²) < 4.78 is 7.73. The number of aryl methyl sites for hydroxylation is 1. The third-order valence-electron chi connectivity index (χ3n) is 4.68. The van der Waals surface area contributed by atoms with Crippen molar-refractivity contribution in [3.05, 3.63) is 83.9 Å². The van der Waals surface area contributed by atoms with E-state index in [2.05, 4.69) is 78.4 Å². The first-order chi connectivity index (χ1) is 12.3. The van der Waals surface area contributed by atoms with Gasteiger partial charge in [0.1, 0.15) is 12.8 Å². The molecule has 1 aromatic heterocycles. The van der Waals surface area contributed by atoms with Gasteiger partial charge < -0.3 is 4.74 Å². The zero-order valence-electron chi connectivity index (χ0n) is 14.4. The van der Waals surface area contributed by atoms with Crippen LogP contribution in [0.15, 0.2) is 72.8 Å². The van der Waals surface area contributed by atoms with E-state index >= 15 is 0 Å². The van der Waals surface area contributed by atoms with E-state index in [4.69, 9.17) is 4.74 Å². The van der Waals surface area contributed by atoms with E-state index in [9.17, 15) is 0 Å². The lowest BCUT2D eigenvalue weighted by Crippen LogP contribution is -2.30. The summed E-state index contributed by atoms with van der Waals surface area (Å²) in [4.78, 5) is 0. The van der Waals surface area contributed by atoms with Crippen LogP contribution in [-0.2, 0) is 7.05 Å². The Bertz CT molecular complexity index is 1040. The van der Waals surface area contributed by atoms with Gasteiger partial charge >= 0.3 is 0 Å². The van der Waals surface area contributed by atoms with Gasteiger partial charge in [-0.3, -0.25) is 0 Å². The molecule has 2 nitrogen and oxygen atoms in total. The maximum Gasteiger partial charge on any atom is 0.213 e. The summed E-state index contributed by atoms with van der Waals surface area (Å²) in [5.41, 5.74) is 4.75. The molecule has 2 heteroatoms. The zero-order chi connectivity index (χ0) is 17.2. The first-order valence-corrected chi connectivity index (χ1v) is 8.40. The van der Waals surface area contributed by atoms with Crippen molar-refractivity contribution in [2.24, 2.45) is 7.05 Å². The lowest BCUT2D eigenvalue weighted by molar-refractivity contribution is -0.617. The SMILES string of the molecule is COc1ccccc1/C=C/c1c2ccccc2[n+](C)c2ccccc12. The molecule has 4 aromatic rings. The Kier molecular flexibility index (Phi) is 3.95. The number of hydrogen-bond donors (Lipinski definition) is 0. The van der Waals surface area contributed by atoms with E-state index in [1.165, 1.54) is 27.4 Å². The Balaban J connectivity index is 1.99. The predicted molar refractivity (Wildman–Crippen MR) is 105 cm³/mol. The average Bonchev–Trinajstić information content (AvgIpc) is 2.68. The molecule has 0 fully saturated rings. The van der Waals surface area contributed by atoms with E-state index in [0.29, 0.717) is 0 Å². The van der Waals surface area contributed by atoms with Gasteiger partial charge in [0.2, 0.25) is 11.0 Å². The van der Waals surface area contributed by atoms with Crippen molar-refractivity contribution in [3.8, 4) is 5.75 Å². The van der Waals surface area contributed by atoms with Crippen molar-refractivity contribution >= 4 is 34.0 Å². The van der Waals surface area contributed by atoms with Gasteiger partial charge in [0, 0.05) is 23.3 Å². The van der Waals surface area contributed by atoms with Crippen molar-refractivity contribution in [1.29, 1.82) is 0 Å². The third kappa shape index (κ3) is 2.66. The van der Waals surface area contributed by atoms with Crippen LogP contribution >= 0.6 is 0 Å². The van der Waals surface area contributed by atoms with Crippen molar-refractivity contribution < 1.29 is 9.30 Å². The summed E-state index contributed by atoms with van der Waals surface area (Å²) in [6.45, 7) is 0. The molecule has 0 bridgehead atoms. The standard InChI is InChI=1S/C23H20NO/c1-24-21-12-6-4-10-19(21)18(20-11-5-7-13-22(20)24)16-15-17-9-3-8-14-23(17)25-2/h3-16H,1-2H3/q+1/b16-15+. The van der Waals surface area contributed by atoms with Crippen molar-refractivity contribution in [3.63, 3.8) is 0 Å². The zero-order valence-corrected chi connectivity index (χ0v) is 14.4. The van der Waals surface area contributed by atoms with Crippen molar-refractivity contribution in [2.45, 2.75) is 0 Å². The fourth-order valence-corrected chi connectivity index (χ4v) is 3.42. The number of methoxy groups -OCH3 is 1. The molecule has 0 atom stereocenters. The number of aromatic nitrogens is 1. The molecule has 0 aliphatic rings. The molecule has 0 amide bonds. The maximum absolute atomic E-state index is 5.47. The van der Waals surface area contributed by atoms with Crippen molar-refractivity contribution in [1.82, 2.24) is 0 Å². The number of rotatable bonds is 3. The smallest absolute Gasteiger partial charge is 0.213 e. The minimum absolute atomic E-state index is 0.883. The molecule has 4 rings (SSSR count). The number of pyridine rings is 1. The summed E-state index contributed by atoms with van der Waals surface area (Å²) in [6, 6.07) is 25.2. The van der Waals surface area contributed by atoms with Crippen LogP contribution in [0.3, 0.4) is 0 Å². The number of nitrogens with zero attached hydrogens (tertiary/aromatic N) is 1. The van der Waals surface area contributed by atoms with E-state index < -0.39 is 0 Å². The summed E-state index contributed by atoms with van der Waals surface area (Å²) in [7, 11) is 3.83. The fourth-order valence-electron chi connectivity index (χ4n) is 3.42. The first-order valence-electron chi connectivity index (χ1n) is 8.40. The van der Waals surface area contributed by atoms with E-state index in [0.717, 1.165) is 11.3 Å². The molecule has 0 saturated carbocycles. The molecule has 0 N–H and O–H groups in total. The Morgan fingerprint density at radius 1 is 0.720 bits per heavy atom. The Hall–Kier alpha value is -3.13. The Morgan fingerprint density at radius 3 is 1.92 bits per heavy atom. The van der Waals surface area contributed by atoms with Crippen LogP contribution in [0.4, 0.5) is 0 Å². The average molecular weight is 326 g/mol. The monoisotopic (exact) mass is 326 g/mol. The van der Waals surface area contributed by atoms with Gasteiger partial charge in [-0.15, -0.1) is 0 Å². The van der Waals surface area contributed by atoms with Crippen LogP contribution in [0.2, 0.25) is 0 Å². The van der Waals surface area contributed by atoms with Crippen LogP contribution in [0.25, 0.3) is 34.0 Å². The largest absolute Gasteiger partial charge is 0.496 e. The van der Waals surface area contributed by atoms with Gasteiger partial charge in [0.25, 0.3) is 0 Å². The lowest BCUT2D eigenvalue weighted by atomic mass is 10.0. The summed E-state index contributed by atoms with van der Waals surface area (Å²) >= 11 is 0. The molecule has 122 valence electrons. The van der Waals surface area contributed by atoms with Gasteiger partial charge in [-0.2, -0.15) is 4.57 Å². The van der Waals surface area contributed by atoms with Gasteiger partial charge in [0.05, 0.1) is 17.9 Å². The summed E-state index contributed by atoms with van der Waals surface area (Å²) in [6.07, 6.45) is 4.33. The van der Waals surface area contributed by atoms with Crippen molar-refractivity contribution in [2.75, 3.05) is 7.11 Å². The first kappa shape index (κ1) is 15.4. The molecular formula is C23H20NO+. The topological polar surface area (TPSA) is 13.1 Å². The summed E-state index contributed by atoms with van der Waals surface area (Å²) in [5.74, 6) is 0.883. The van der Waals surface area contributed by atoms with Crippen LogP contribution in [0.1, 0.15) is 11.1 Å².